The molecule has 1 saturated carbocycles. The van der Waals surface area contributed by atoms with Crippen molar-refractivity contribution in [2.45, 2.75) is 39.2 Å². The molecule has 1 aliphatic carbocycles. The number of benzene rings is 1. The van der Waals surface area contributed by atoms with E-state index in [2.05, 4.69) is 26.0 Å². The van der Waals surface area contributed by atoms with E-state index in [4.69, 9.17) is 10.5 Å². The first-order chi connectivity index (χ1) is 8.61. The highest BCUT2D eigenvalue weighted by molar-refractivity contribution is 5.29. The Bertz CT molecular complexity index is 373. The Balaban J connectivity index is 2.03. The van der Waals surface area contributed by atoms with Gasteiger partial charge in [-0.1, -0.05) is 32.4 Å². The van der Waals surface area contributed by atoms with E-state index < -0.39 is 0 Å². The average molecular weight is 247 g/mol. The van der Waals surface area contributed by atoms with Crippen LogP contribution in [0.5, 0.6) is 5.75 Å². The Kier molecular flexibility index (Phi) is 4.28. The standard InChI is InChI=1S/C16H25NO/c1-11-4-5-14(10-12(11)2)16(17)13-6-8-15(18-3)9-7-13/h6-9,11-12,14,16H,4-5,10,17H2,1-3H3. The van der Waals surface area contributed by atoms with Crippen molar-refractivity contribution >= 4 is 0 Å². The molecular weight excluding hydrogens is 222 g/mol. The van der Waals surface area contributed by atoms with Crippen LogP contribution in [0.2, 0.25) is 0 Å². The summed E-state index contributed by atoms with van der Waals surface area (Å²) in [5.74, 6) is 3.18. The normalized spacial score (nSPS) is 29.9. The Labute approximate surface area is 111 Å². The highest BCUT2D eigenvalue weighted by atomic mass is 16.5. The van der Waals surface area contributed by atoms with Crippen molar-refractivity contribution in [2.75, 3.05) is 7.11 Å². The zero-order valence-electron chi connectivity index (χ0n) is 11.7. The fourth-order valence-electron chi connectivity index (χ4n) is 3.01. The third kappa shape index (κ3) is 2.86. The van der Waals surface area contributed by atoms with Crippen molar-refractivity contribution < 1.29 is 4.74 Å². The fraction of sp³-hybridized carbons (Fsp3) is 0.625. The summed E-state index contributed by atoms with van der Waals surface area (Å²) in [5, 5.41) is 0. The summed E-state index contributed by atoms with van der Waals surface area (Å²) in [7, 11) is 1.69. The first-order valence-electron chi connectivity index (χ1n) is 7.01. The summed E-state index contributed by atoms with van der Waals surface area (Å²) in [6.45, 7) is 4.72. The minimum Gasteiger partial charge on any atom is -0.497 e. The minimum absolute atomic E-state index is 0.172. The second-order valence-electron chi connectivity index (χ2n) is 5.83. The van der Waals surface area contributed by atoms with Gasteiger partial charge in [-0.2, -0.15) is 0 Å². The van der Waals surface area contributed by atoms with Crippen LogP contribution in [0.25, 0.3) is 0 Å². The van der Waals surface area contributed by atoms with Crippen LogP contribution in [0, 0.1) is 17.8 Å². The van der Waals surface area contributed by atoms with Crippen LogP contribution in [0.3, 0.4) is 0 Å². The van der Waals surface area contributed by atoms with Crippen LogP contribution in [-0.2, 0) is 0 Å². The molecule has 0 amide bonds. The van der Waals surface area contributed by atoms with Crippen molar-refractivity contribution in [2.24, 2.45) is 23.5 Å². The third-order valence-electron chi connectivity index (χ3n) is 4.65. The fourth-order valence-corrected chi connectivity index (χ4v) is 3.01. The quantitative estimate of drug-likeness (QED) is 0.882. The minimum atomic E-state index is 0.172. The van der Waals surface area contributed by atoms with Crippen molar-refractivity contribution in [1.29, 1.82) is 0 Å². The van der Waals surface area contributed by atoms with Gasteiger partial charge in [-0.25, -0.2) is 0 Å². The maximum absolute atomic E-state index is 6.43. The third-order valence-corrected chi connectivity index (χ3v) is 4.65. The largest absolute Gasteiger partial charge is 0.497 e. The van der Waals surface area contributed by atoms with E-state index in [-0.39, 0.29) is 6.04 Å². The molecule has 18 heavy (non-hydrogen) atoms. The zero-order chi connectivity index (χ0) is 13.1. The van der Waals surface area contributed by atoms with Gasteiger partial charge in [0.2, 0.25) is 0 Å². The number of rotatable bonds is 3. The second kappa shape index (κ2) is 5.75. The van der Waals surface area contributed by atoms with E-state index >= 15 is 0 Å². The molecule has 0 radical (unpaired) electrons. The van der Waals surface area contributed by atoms with Gasteiger partial charge in [-0.05, 0) is 48.3 Å². The van der Waals surface area contributed by atoms with Gasteiger partial charge in [-0.3, -0.25) is 0 Å². The van der Waals surface area contributed by atoms with Gasteiger partial charge in [0.15, 0.2) is 0 Å². The molecule has 0 spiro atoms. The van der Waals surface area contributed by atoms with Crippen molar-refractivity contribution in [3.8, 4) is 5.75 Å². The summed E-state index contributed by atoms with van der Waals surface area (Å²) in [6.07, 6.45) is 3.84. The van der Waals surface area contributed by atoms with Gasteiger partial charge in [0.1, 0.15) is 5.75 Å². The summed E-state index contributed by atoms with van der Waals surface area (Å²) >= 11 is 0. The van der Waals surface area contributed by atoms with Crippen LogP contribution in [0.1, 0.15) is 44.7 Å². The van der Waals surface area contributed by atoms with E-state index in [0.29, 0.717) is 5.92 Å². The zero-order valence-corrected chi connectivity index (χ0v) is 11.7. The van der Waals surface area contributed by atoms with Crippen LogP contribution in [-0.4, -0.2) is 7.11 Å². The molecule has 100 valence electrons. The molecule has 1 aromatic rings. The van der Waals surface area contributed by atoms with E-state index in [1.807, 2.05) is 12.1 Å². The van der Waals surface area contributed by atoms with Crippen LogP contribution >= 0.6 is 0 Å². The number of ether oxygens (including phenoxy) is 1. The molecule has 0 bridgehead atoms. The molecule has 1 aromatic carbocycles. The SMILES string of the molecule is COc1ccc(C(N)C2CCC(C)C(C)C2)cc1. The van der Waals surface area contributed by atoms with Gasteiger partial charge in [-0.15, -0.1) is 0 Å². The lowest BCUT2D eigenvalue weighted by Crippen LogP contribution is -2.29. The summed E-state index contributed by atoms with van der Waals surface area (Å²) in [6, 6.07) is 8.39. The van der Waals surface area contributed by atoms with E-state index in [1.165, 1.54) is 24.8 Å². The molecule has 2 N–H and O–H groups in total. The van der Waals surface area contributed by atoms with Crippen molar-refractivity contribution in [3.63, 3.8) is 0 Å². The first kappa shape index (κ1) is 13.4. The van der Waals surface area contributed by atoms with E-state index in [9.17, 15) is 0 Å². The lowest BCUT2D eigenvalue weighted by molar-refractivity contribution is 0.186. The number of hydrogen-bond acceptors (Lipinski definition) is 2. The second-order valence-corrected chi connectivity index (χ2v) is 5.83. The van der Waals surface area contributed by atoms with E-state index in [0.717, 1.165) is 17.6 Å². The molecule has 4 unspecified atom stereocenters. The maximum Gasteiger partial charge on any atom is 0.118 e. The number of hydrogen-bond donors (Lipinski definition) is 1. The highest BCUT2D eigenvalue weighted by Gasteiger charge is 2.28. The summed E-state index contributed by atoms with van der Waals surface area (Å²) in [4.78, 5) is 0. The molecule has 2 heteroatoms. The Morgan fingerprint density at radius 2 is 1.78 bits per heavy atom. The highest BCUT2D eigenvalue weighted by Crippen LogP contribution is 2.38. The predicted molar refractivity (Wildman–Crippen MR) is 75.6 cm³/mol. The molecule has 2 nitrogen and oxygen atoms in total. The molecular formula is C16H25NO. The molecule has 0 aliphatic heterocycles. The monoisotopic (exact) mass is 247 g/mol. The number of nitrogens with two attached hydrogens (primary N) is 1. The molecule has 1 aliphatic rings. The lowest BCUT2D eigenvalue weighted by atomic mass is 9.72. The Hall–Kier alpha value is -1.02. The van der Waals surface area contributed by atoms with Crippen LogP contribution in [0.15, 0.2) is 24.3 Å². The molecule has 4 atom stereocenters. The van der Waals surface area contributed by atoms with Crippen molar-refractivity contribution in [3.05, 3.63) is 29.8 Å². The molecule has 0 saturated heterocycles. The first-order valence-corrected chi connectivity index (χ1v) is 7.01. The van der Waals surface area contributed by atoms with Gasteiger partial charge >= 0.3 is 0 Å². The van der Waals surface area contributed by atoms with Crippen LogP contribution < -0.4 is 10.5 Å². The topological polar surface area (TPSA) is 35.2 Å². The van der Waals surface area contributed by atoms with Gasteiger partial charge in [0.05, 0.1) is 7.11 Å². The summed E-state index contributed by atoms with van der Waals surface area (Å²) in [5.41, 5.74) is 7.67. The molecule has 1 fully saturated rings. The maximum atomic E-state index is 6.43. The van der Waals surface area contributed by atoms with Gasteiger partial charge in [0.25, 0.3) is 0 Å². The summed E-state index contributed by atoms with van der Waals surface area (Å²) < 4.78 is 5.18. The Morgan fingerprint density at radius 3 is 2.33 bits per heavy atom. The predicted octanol–water partition coefficient (Wildman–Crippen LogP) is 3.77. The van der Waals surface area contributed by atoms with Crippen molar-refractivity contribution in [1.82, 2.24) is 0 Å². The van der Waals surface area contributed by atoms with Gasteiger partial charge in [0, 0.05) is 6.04 Å². The lowest BCUT2D eigenvalue weighted by Gasteiger charge is -2.35. The van der Waals surface area contributed by atoms with E-state index in [1.54, 1.807) is 7.11 Å². The van der Waals surface area contributed by atoms with Gasteiger partial charge < -0.3 is 10.5 Å². The molecule has 0 heterocycles. The number of methoxy groups -OCH3 is 1. The Morgan fingerprint density at radius 1 is 1.11 bits per heavy atom. The molecule has 2 rings (SSSR count). The smallest absolute Gasteiger partial charge is 0.118 e. The van der Waals surface area contributed by atoms with Crippen LogP contribution in [0.4, 0.5) is 0 Å². The molecule has 0 aromatic heterocycles. The average Bonchev–Trinajstić information content (AvgIpc) is 2.41.